The summed E-state index contributed by atoms with van der Waals surface area (Å²) in [5, 5.41) is 0. The van der Waals surface area contributed by atoms with Gasteiger partial charge in [0.25, 0.3) is 0 Å². The number of aryl methyl sites for hydroxylation is 1. The van der Waals surface area contributed by atoms with Crippen molar-refractivity contribution in [2.75, 3.05) is 0 Å². The van der Waals surface area contributed by atoms with Gasteiger partial charge in [-0.05, 0) is 97.4 Å². The van der Waals surface area contributed by atoms with Crippen molar-refractivity contribution in [3.8, 4) is 11.8 Å². The molecular weight excluding hydrogens is 369 g/mol. The largest absolute Gasteiger partial charge is 0.416 e. The van der Waals surface area contributed by atoms with Crippen molar-refractivity contribution in [2.24, 2.45) is 11.8 Å². The number of halogens is 3. The molecule has 2 aromatic rings. The van der Waals surface area contributed by atoms with Crippen molar-refractivity contribution >= 4 is 0 Å². The lowest BCUT2D eigenvalue weighted by Gasteiger charge is -2.40. The minimum absolute atomic E-state index is 0.602. The van der Waals surface area contributed by atoms with Crippen molar-refractivity contribution in [1.82, 2.24) is 0 Å². The van der Waals surface area contributed by atoms with Crippen LogP contribution >= 0.6 is 0 Å². The first-order valence-corrected chi connectivity index (χ1v) is 10.8. The van der Waals surface area contributed by atoms with E-state index in [1.165, 1.54) is 61.8 Å². The third kappa shape index (κ3) is 4.53. The zero-order chi connectivity index (χ0) is 20.4. The smallest absolute Gasteiger partial charge is 0.166 e. The van der Waals surface area contributed by atoms with Gasteiger partial charge >= 0.3 is 6.18 Å². The van der Waals surface area contributed by atoms with Gasteiger partial charge in [0.15, 0.2) is 0 Å². The van der Waals surface area contributed by atoms with Crippen LogP contribution < -0.4 is 0 Å². The van der Waals surface area contributed by atoms with Crippen LogP contribution in [-0.2, 0) is 12.6 Å². The highest BCUT2D eigenvalue weighted by atomic mass is 19.4. The van der Waals surface area contributed by atoms with E-state index in [-0.39, 0.29) is 0 Å². The fourth-order valence-electron chi connectivity index (χ4n) is 5.25. The summed E-state index contributed by atoms with van der Waals surface area (Å²) in [5.41, 5.74) is 3.84. The van der Waals surface area contributed by atoms with E-state index in [4.69, 9.17) is 0 Å². The molecule has 29 heavy (non-hydrogen) atoms. The van der Waals surface area contributed by atoms with Gasteiger partial charge in [0.05, 0.1) is 5.56 Å². The molecule has 1 fully saturated rings. The van der Waals surface area contributed by atoms with Crippen molar-refractivity contribution in [2.45, 2.75) is 64.0 Å². The van der Waals surface area contributed by atoms with Crippen LogP contribution in [0, 0.1) is 23.7 Å². The molecule has 0 bridgehead atoms. The standard InChI is InChI=1S/C26H27F3/c1-2-3-19-8-14-24-21(16-19)10-11-22-17-20(9-15-25(22)24)5-4-18-6-12-23(13-7-18)26(27,28)29/h6-7,9,12-13,15,17,19,21,24H,2-3,8,10-11,14,16H2,1H3/t19-,21-,24+/m1/s1. The summed E-state index contributed by atoms with van der Waals surface area (Å²) >= 11 is 0. The van der Waals surface area contributed by atoms with Gasteiger partial charge in [-0.1, -0.05) is 37.7 Å². The molecule has 4 rings (SSSR count). The van der Waals surface area contributed by atoms with Crippen molar-refractivity contribution in [3.05, 3.63) is 70.3 Å². The topological polar surface area (TPSA) is 0 Å². The lowest BCUT2D eigenvalue weighted by atomic mass is 9.64. The van der Waals surface area contributed by atoms with E-state index in [9.17, 15) is 13.2 Å². The number of rotatable bonds is 2. The molecule has 0 N–H and O–H groups in total. The minimum Gasteiger partial charge on any atom is -0.166 e. The maximum Gasteiger partial charge on any atom is 0.416 e. The van der Waals surface area contributed by atoms with Crippen molar-refractivity contribution in [1.29, 1.82) is 0 Å². The van der Waals surface area contributed by atoms with Crippen molar-refractivity contribution in [3.63, 3.8) is 0 Å². The predicted octanol–water partition coefficient (Wildman–Crippen LogP) is 7.35. The maximum atomic E-state index is 12.7. The van der Waals surface area contributed by atoms with Gasteiger partial charge < -0.3 is 0 Å². The number of hydrogen-bond donors (Lipinski definition) is 0. The molecule has 0 amide bonds. The monoisotopic (exact) mass is 396 g/mol. The Morgan fingerprint density at radius 2 is 1.66 bits per heavy atom. The van der Waals surface area contributed by atoms with E-state index in [0.717, 1.165) is 36.0 Å². The molecule has 0 nitrogen and oxygen atoms in total. The Hall–Kier alpha value is -2.21. The fourth-order valence-corrected chi connectivity index (χ4v) is 5.25. The molecule has 0 saturated heterocycles. The summed E-state index contributed by atoms with van der Waals surface area (Å²) in [7, 11) is 0. The van der Waals surface area contributed by atoms with E-state index in [1.807, 2.05) is 0 Å². The van der Waals surface area contributed by atoms with Crippen LogP contribution in [0.2, 0.25) is 0 Å². The molecule has 0 spiro atoms. The fraction of sp³-hybridized carbons (Fsp3) is 0.462. The summed E-state index contributed by atoms with van der Waals surface area (Å²) in [6, 6.07) is 11.6. The van der Waals surface area contributed by atoms with Gasteiger partial charge in [-0.2, -0.15) is 13.2 Å². The average molecular weight is 396 g/mol. The Kier molecular flexibility index (Phi) is 5.72. The maximum absolute atomic E-state index is 12.7. The van der Waals surface area contributed by atoms with E-state index in [0.29, 0.717) is 11.5 Å². The molecule has 0 aliphatic heterocycles. The zero-order valence-corrected chi connectivity index (χ0v) is 16.9. The van der Waals surface area contributed by atoms with Gasteiger partial charge in [-0.15, -0.1) is 0 Å². The number of fused-ring (bicyclic) bond motifs is 3. The molecule has 0 aromatic heterocycles. The van der Waals surface area contributed by atoms with Crippen LogP contribution in [0.25, 0.3) is 0 Å². The highest BCUT2D eigenvalue weighted by molar-refractivity contribution is 5.47. The van der Waals surface area contributed by atoms with E-state index in [1.54, 1.807) is 0 Å². The van der Waals surface area contributed by atoms with E-state index < -0.39 is 11.7 Å². The second kappa shape index (κ2) is 8.27. The number of hydrogen-bond acceptors (Lipinski definition) is 0. The van der Waals surface area contributed by atoms with Gasteiger partial charge in [0.2, 0.25) is 0 Å². The minimum atomic E-state index is -4.31. The quantitative estimate of drug-likeness (QED) is 0.466. The third-order valence-electron chi connectivity index (χ3n) is 6.68. The molecule has 0 heterocycles. The van der Waals surface area contributed by atoms with Crippen LogP contribution in [0.1, 0.15) is 79.2 Å². The second-order valence-corrected chi connectivity index (χ2v) is 8.61. The highest BCUT2D eigenvalue weighted by Crippen LogP contribution is 2.47. The van der Waals surface area contributed by atoms with Crippen LogP contribution in [0.3, 0.4) is 0 Å². The van der Waals surface area contributed by atoms with Crippen LogP contribution in [0.5, 0.6) is 0 Å². The molecule has 3 heteroatoms. The van der Waals surface area contributed by atoms with Gasteiger partial charge in [0, 0.05) is 11.1 Å². The van der Waals surface area contributed by atoms with Crippen LogP contribution in [0.15, 0.2) is 42.5 Å². The van der Waals surface area contributed by atoms with Gasteiger partial charge in [-0.3, -0.25) is 0 Å². The first kappa shape index (κ1) is 20.1. The molecule has 3 atom stereocenters. The Morgan fingerprint density at radius 3 is 2.38 bits per heavy atom. The van der Waals surface area contributed by atoms with Crippen LogP contribution in [0.4, 0.5) is 13.2 Å². The molecule has 152 valence electrons. The highest BCUT2D eigenvalue weighted by Gasteiger charge is 2.34. The summed E-state index contributed by atoms with van der Waals surface area (Å²) in [5.74, 6) is 8.58. The lowest BCUT2D eigenvalue weighted by Crippen LogP contribution is -2.28. The Morgan fingerprint density at radius 1 is 0.931 bits per heavy atom. The first-order chi connectivity index (χ1) is 13.9. The lowest BCUT2D eigenvalue weighted by molar-refractivity contribution is -0.137. The Bertz CT molecular complexity index is 912. The normalized spacial score (nSPS) is 23.5. The molecule has 1 saturated carbocycles. The van der Waals surface area contributed by atoms with Gasteiger partial charge in [0.1, 0.15) is 0 Å². The Labute approximate surface area is 171 Å². The summed E-state index contributed by atoms with van der Waals surface area (Å²) in [6.45, 7) is 2.29. The van der Waals surface area contributed by atoms with Crippen molar-refractivity contribution < 1.29 is 13.2 Å². The number of alkyl halides is 3. The summed E-state index contributed by atoms with van der Waals surface area (Å²) in [6.07, 6.45) is 4.78. The average Bonchev–Trinajstić information content (AvgIpc) is 2.71. The zero-order valence-electron chi connectivity index (χ0n) is 16.9. The molecule has 2 aliphatic carbocycles. The summed E-state index contributed by atoms with van der Waals surface area (Å²) in [4.78, 5) is 0. The molecule has 0 unspecified atom stereocenters. The van der Waals surface area contributed by atoms with Gasteiger partial charge in [-0.25, -0.2) is 0 Å². The number of benzene rings is 2. The third-order valence-corrected chi connectivity index (χ3v) is 6.68. The predicted molar refractivity (Wildman–Crippen MR) is 111 cm³/mol. The van der Waals surface area contributed by atoms with E-state index >= 15 is 0 Å². The SMILES string of the molecule is CCC[C@@H]1CC[C@@H]2c3ccc(C#Cc4ccc(C(F)(F)F)cc4)cc3CC[C@@H]2C1. The first-order valence-electron chi connectivity index (χ1n) is 10.8. The molecule has 0 radical (unpaired) electrons. The molecular formula is C26H27F3. The Balaban J connectivity index is 1.49. The molecule has 2 aromatic carbocycles. The summed E-state index contributed by atoms with van der Waals surface area (Å²) < 4.78 is 38.0. The van der Waals surface area contributed by atoms with Crippen LogP contribution in [-0.4, -0.2) is 0 Å². The van der Waals surface area contributed by atoms with E-state index in [2.05, 4.69) is 37.0 Å². The second-order valence-electron chi connectivity index (χ2n) is 8.61. The molecule has 2 aliphatic rings.